The zero-order chi connectivity index (χ0) is 15.5. The van der Waals surface area contributed by atoms with Crippen LogP contribution in [0.4, 0.5) is 0 Å². The smallest absolute Gasteiger partial charge is 0.304 e. The molecule has 0 aliphatic heterocycles. The van der Waals surface area contributed by atoms with Crippen LogP contribution < -0.4 is 0 Å². The lowest BCUT2D eigenvalue weighted by atomic mass is 10.0. The van der Waals surface area contributed by atoms with E-state index in [1.807, 2.05) is 0 Å². The molecule has 116 valence electrons. The zero-order valence-electron chi connectivity index (χ0n) is 12.3. The first-order valence-electron chi connectivity index (χ1n) is 6.99. The van der Waals surface area contributed by atoms with Gasteiger partial charge in [0.1, 0.15) is 5.78 Å². The van der Waals surface area contributed by atoms with Crippen LogP contribution in [0.15, 0.2) is 0 Å². The van der Waals surface area contributed by atoms with Gasteiger partial charge in [-0.1, -0.05) is 19.3 Å². The van der Waals surface area contributed by atoms with Gasteiger partial charge in [-0.25, -0.2) is 0 Å². The molecule has 1 unspecified atom stereocenters. The van der Waals surface area contributed by atoms with Crippen molar-refractivity contribution in [3.8, 4) is 0 Å². The van der Waals surface area contributed by atoms with Crippen molar-refractivity contribution in [2.24, 2.45) is 0 Å². The molecule has 0 saturated heterocycles. The number of carbonyl (C=O) groups excluding carboxylic acids is 1. The molecule has 0 saturated carbocycles. The molecule has 0 rings (SSSR count). The van der Waals surface area contributed by atoms with Crippen LogP contribution in [0.3, 0.4) is 0 Å². The maximum absolute atomic E-state index is 11.6. The van der Waals surface area contributed by atoms with E-state index in [1.165, 1.54) is 6.92 Å². The zero-order valence-corrected chi connectivity index (χ0v) is 12.3. The van der Waals surface area contributed by atoms with Gasteiger partial charge in [0.25, 0.3) is 0 Å². The molecule has 0 amide bonds. The van der Waals surface area contributed by atoms with Crippen LogP contribution in [-0.2, 0) is 14.4 Å². The molecule has 2 N–H and O–H groups in total. The molecule has 1 atom stereocenters. The number of carboxylic acid groups (broad SMARTS) is 2. The molecule has 6 heteroatoms. The fraction of sp³-hybridized carbons (Fsp3) is 0.786. The van der Waals surface area contributed by atoms with Crippen LogP contribution in [0.25, 0.3) is 0 Å². The van der Waals surface area contributed by atoms with Crippen molar-refractivity contribution in [1.29, 1.82) is 0 Å². The second-order valence-electron chi connectivity index (χ2n) is 5.10. The van der Waals surface area contributed by atoms with Gasteiger partial charge in [-0.2, -0.15) is 0 Å². The Morgan fingerprint density at radius 3 is 2.00 bits per heavy atom. The summed E-state index contributed by atoms with van der Waals surface area (Å²) in [6, 6.07) is -0.242. The number of carbonyl (C=O) groups is 3. The standard InChI is InChI=1S/C14H25NO5/c1-11(16)12(15(2)10-9-14(19)20)7-5-3-4-6-8-13(17)18/h12H,3-10H2,1-2H3,(H,17,18)(H,19,20). The summed E-state index contributed by atoms with van der Waals surface area (Å²) in [5.41, 5.74) is 0. The molecule has 0 bridgehead atoms. The second kappa shape index (κ2) is 10.4. The molecule has 0 spiro atoms. The lowest BCUT2D eigenvalue weighted by Gasteiger charge is -2.25. The number of hydrogen-bond donors (Lipinski definition) is 2. The predicted octanol–water partition coefficient (Wildman–Crippen LogP) is 1.78. The minimum atomic E-state index is -0.868. The van der Waals surface area contributed by atoms with Gasteiger partial charge in [0.05, 0.1) is 12.5 Å². The van der Waals surface area contributed by atoms with Crippen molar-refractivity contribution in [3.63, 3.8) is 0 Å². The third-order valence-electron chi connectivity index (χ3n) is 3.30. The third kappa shape index (κ3) is 9.49. The number of nitrogens with zero attached hydrogens (tertiary/aromatic N) is 1. The van der Waals surface area contributed by atoms with E-state index in [4.69, 9.17) is 10.2 Å². The maximum atomic E-state index is 11.6. The monoisotopic (exact) mass is 287 g/mol. The van der Waals surface area contributed by atoms with Gasteiger partial charge >= 0.3 is 11.9 Å². The first kappa shape index (κ1) is 18.6. The highest BCUT2D eigenvalue weighted by atomic mass is 16.4. The number of ketones is 1. The van der Waals surface area contributed by atoms with Crippen molar-refractivity contribution in [3.05, 3.63) is 0 Å². The number of carboxylic acids is 2. The van der Waals surface area contributed by atoms with Crippen molar-refractivity contribution in [1.82, 2.24) is 4.90 Å². The number of rotatable bonds is 12. The molecule has 0 aliphatic rings. The first-order valence-corrected chi connectivity index (χ1v) is 6.99. The van der Waals surface area contributed by atoms with Gasteiger partial charge in [0.15, 0.2) is 0 Å². The largest absolute Gasteiger partial charge is 0.481 e. The summed E-state index contributed by atoms with van der Waals surface area (Å²) in [6.45, 7) is 1.88. The van der Waals surface area contributed by atoms with E-state index in [-0.39, 0.29) is 24.7 Å². The molecular weight excluding hydrogens is 262 g/mol. The summed E-state index contributed by atoms with van der Waals surface area (Å²) in [5.74, 6) is -1.60. The van der Waals surface area contributed by atoms with E-state index < -0.39 is 11.9 Å². The van der Waals surface area contributed by atoms with Gasteiger partial charge in [-0.15, -0.1) is 0 Å². The topological polar surface area (TPSA) is 94.9 Å². The summed E-state index contributed by atoms with van der Waals surface area (Å²) in [6.07, 6.45) is 4.15. The molecule has 0 aromatic carbocycles. The van der Waals surface area contributed by atoms with Crippen molar-refractivity contribution < 1.29 is 24.6 Å². The predicted molar refractivity (Wildman–Crippen MR) is 74.7 cm³/mol. The van der Waals surface area contributed by atoms with Gasteiger partial charge < -0.3 is 10.2 Å². The number of unbranched alkanes of at least 4 members (excludes halogenated alkanes) is 3. The molecule has 0 heterocycles. The van der Waals surface area contributed by atoms with E-state index in [2.05, 4.69) is 0 Å². The Bertz CT molecular complexity index is 330. The van der Waals surface area contributed by atoms with Crippen molar-refractivity contribution >= 4 is 17.7 Å². The van der Waals surface area contributed by atoms with Crippen molar-refractivity contribution in [2.45, 2.75) is 57.9 Å². The van der Waals surface area contributed by atoms with Crippen LogP contribution in [0.5, 0.6) is 0 Å². The van der Waals surface area contributed by atoms with E-state index >= 15 is 0 Å². The van der Waals surface area contributed by atoms with E-state index in [1.54, 1.807) is 11.9 Å². The normalized spacial score (nSPS) is 12.3. The molecule has 0 fully saturated rings. The van der Waals surface area contributed by atoms with Gasteiger partial charge in [-0.05, 0) is 26.8 Å². The lowest BCUT2D eigenvalue weighted by molar-refractivity contribution is -0.138. The van der Waals surface area contributed by atoms with Gasteiger partial charge in [0.2, 0.25) is 0 Å². The SMILES string of the molecule is CC(=O)C(CCCCCCC(=O)O)N(C)CCC(=O)O. The average molecular weight is 287 g/mol. The van der Waals surface area contributed by atoms with E-state index in [0.29, 0.717) is 19.4 Å². The number of hydrogen-bond acceptors (Lipinski definition) is 4. The summed E-state index contributed by atoms with van der Waals surface area (Å²) < 4.78 is 0. The maximum Gasteiger partial charge on any atom is 0.304 e. The van der Waals surface area contributed by atoms with Crippen molar-refractivity contribution in [2.75, 3.05) is 13.6 Å². The Hall–Kier alpha value is -1.43. The Balaban J connectivity index is 3.93. The second-order valence-corrected chi connectivity index (χ2v) is 5.10. The Labute approximate surface area is 119 Å². The Morgan fingerprint density at radius 2 is 1.50 bits per heavy atom. The highest BCUT2D eigenvalue weighted by Gasteiger charge is 2.19. The van der Waals surface area contributed by atoms with Gasteiger partial charge in [-0.3, -0.25) is 19.3 Å². The summed E-state index contributed by atoms with van der Waals surface area (Å²) in [5, 5.41) is 17.1. The molecule has 0 aliphatic carbocycles. The highest BCUT2D eigenvalue weighted by molar-refractivity contribution is 5.81. The fourth-order valence-electron chi connectivity index (χ4n) is 2.13. The number of aliphatic carboxylic acids is 2. The summed E-state index contributed by atoms with van der Waals surface area (Å²) in [4.78, 5) is 34.2. The average Bonchev–Trinajstić information content (AvgIpc) is 2.34. The van der Waals surface area contributed by atoms with Crippen LogP contribution in [0.2, 0.25) is 0 Å². The Morgan fingerprint density at radius 1 is 0.950 bits per heavy atom. The quantitative estimate of drug-likeness (QED) is 0.531. The molecule has 20 heavy (non-hydrogen) atoms. The molecule has 0 radical (unpaired) electrons. The highest BCUT2D eigenvalue weighted by Crippen LogP contribution is 2.12. The van der Waals surface area contributed by atoms with E-state index in [0.717, 1.165) is 19.3 Å². The van der Waals surface area contributed by atoms with Crippen LogP contribution in [-0.4, -0.2) is 52.5 Å². The first-order chi connectivity index (χ1) is 9.34. The lowest BCUT2D eigenvalue weighted by Crippen LogP contribution is -2.38. The third-order valence-corrected chi connectivity index (χ3v) is 3.30. The van der Waals surface area contributed by atoms with Gasteiger partial charge in [0, 0.05) is 13.0 Å². The number of Topliss-reactive ketones (excluding diaryl/α,β-unsaturated/α-hetero) is 1. The van der Waals surface area contributed by atoms with Crippen LogP contribution in [0, 0.1) is 0 Å². The Kier molecular flexibility index (Phi) is 9.63. The minimum absolute atomic E-state index is 0.0267. The molecular formula is C14H25NO5. The minimum Gasteiger partial charge on any atom is -0.481 e. The molecule has 0 aromatic heterocycles. The number of likely N-dealkylation sites (N-methyl/N-ethyl adjacent to an activating group) is 1. The van der Waals surface area contributed by atoms with E-state index in [9.17, 15) is 14.4 Å². The molecule has 0 aromatic rings. The fourth-order valence-corrected chi connectivity index (χ4v) is 2.13. The summed E-state index contributed by atoms with van der Waals surface area (Å²) >= 11 is 0. The summed E-state index contributed by atoms with van der Waals surface area (Å²) in [7, 11) is 1.76. The van der Waals surface area contributed by atoms with Crippen LogP contribution in [0.1, 0.15) is 51.9 Å². The van der Waals surface area contributed by atoms with Crippen LogP contribution >= 0.6 is 0 Å². The molecule has 6 nitrogen and oxygen atoms in total.